The summed E-state index contributed by atoms with van der Waals surface area (Å²) in [7, 11) is 3.60. The molecule has 0 radical (unpaired) electrons. The van der Waals surface area contributed by atoms with Gasteiger partial charge in [0.15, 0.2) is 0 Å². The predicted octanol–water partition coefficient (Wildman–Crippen LogP) is 5.53. The first-order valence-corrected chi connectivity index (χ1v) is 13.7. The van der Waals surface area contributed by atoms with E-state index in [9.17, 15) is 9.59 Å². The third-order valence-electron chi connectivity index (χ3n) is 10.9. The molecular weight excluding hydrogens is 436 g/mol. The first-order valence-electron chi connectivity index (χ1n) is 13.7. The molecule has 4 fully saturated rings. The van der Waals surface area contributed by atoms with E-state index in [4.69, 9.17) is 4.74 Å². The Morgan fingerprint density at radius 1 is 1.06 bits per heavy atom. The normalized spacial score (nSPS) is 38.9. The van der Waals surface area contributed by atoms with Gasteiger partial charge in [0, 0.05) is 13.1 Å². The molecular formula is C30H44N2O3. The number of ether oxygens (including phenoxy) is 1. The highest BCUT2D eigenvalue weighted by Gasteiger charge is 2.61. The van der Waals surface area contributed by atoms with Gasteiger partial charge >= 0.3 is 0 Å². The van der Waals surface area contributed by atoms with E-state index >= 15 is 0 Å². The summed E-state index contributed by atoms with van der Waals surface area (Å²) in [5, 5.41) is 3.23. The van der Waals surface area contributed by atoms with Gasteiger partial charge in [-0.3, -0.25) is 9.59 Å². The van der Waals surface area contributed by atoms with Gasteiger partial charge in [0.2, 0.25) is 11.8 Å². The Kier molecular flexibility index (Phi) is 6.00. The lowest BCUT2D eigenvalue weighted by atomic mass is 9.47. The van der Waals surface area contributed by atoms with E-state index in [0.29, 0.717) is 17.8 Å². The summed E-state index contributed by atoms with van der Waals surface area (Å²) in [6.07, 6.45) is 9.67. The van der Waals surface area contributed by atoms with Crippen molar-refractivity contribution in [3.63, 3.8) is 0 Å². The minimum absolute atomic E-state index is 0.00175. The number of methoxy groups -OCH3 is 1. The van der Waals surface area contributed by atoms with Gasteiger partial charge in [-0.2, -0.15) is 0 Å². The summed E-state index contributed by atoms with van der Waals surface area (Å²) in [4.78, 5) is 29.2. The molecule has 0 aromatic heterocycles. The molecule has 2 amide bonds. The fraction of sp³-hybridized carbons (Fsp3) is 0.733. The van der Waals surface area contributed by atoms with Gasteiger partial charge in [-0.05, 0) is 105 Å². The molecule has 2 unspecified atom stereocenters. The largest absolute Gasteiger partial charge is 0.497 e. The second-order valence-electron chi connectivity index (χ2n) is 13.1. The van der Waals surface area contributed by atoms with Crippen molar-refractivity contribution in [2.45, 2.75) is 90.6 Å². The first kappa shape index (κ1) is 24.6. The maximum absolute atomic E-state index is 13.7. The molecule has 3 saturated carbocycles. The van der Waals surface area contributed by atoms with Crippen LogP contribution in [-0.4, -0.2) is 36.9 Å². The molecule has 5 rings (SSSR count). The molecule has 1 aromatic carbocycles. The number of likely N-dealkylation sites (tertiary alicyclic amines) is 1. The van der Waals surface area contributed by atoms with E-state index in [2.05, 4.69) is 19.2 Å². The Morgan fingerprint density at radius 3 is 2.46 bits per heavy atom. The number of carbonyl (C=O) groups excluding carboxylic acids is 2. The van der Waals surface area contributed by atoms with Crippen molar-refractivity contribution < 1.29 is 14.3 Å². The number of benzene rings is 1. The van der Waals surface area contributed by atoms with E-state index < -0.39 is 11.5 Å². The topological polar surface area (TPSA) is 58.6 Å². The Labute approximate surface area is 211 Å². The molecule has 3 aliphatic carbocycles. The van der Waals surface area contributed by atoms with Crippen molar-refractivity contribution >= 4 is 11.8 Å². The van der Waals surface area contributed by atoms with Crippen LogP contribution < -0.4 is 10.1 Å². The molecule has 5 heteroatoms. The predicted molar refractivity (Wildman–Crippen MR) is 138 cm³/mol. The minimum Gasteiger partial charge on any atom is -0.497 e. The third kappa shape index (κ3) is 3.88. The number of nitrogens with zero attached hydrogens (tertiary/aromatic N) is 1. The number of rotatable bonds is 4. The van der Waals surface area contributed by atoms with E-state index in [1.165, 1.54) is 38.5 Å². The Hall–Kier alpha value is -2.04. The number of piperidine rings is 1. The molecule has 35 heavy (non-hydrogen) atoms. The lowest BCUT2D eigenvalue weighted by molar-refractivity contribution is -0.169. The van der Waals surface area contributed by atoms with Crippen LogP contribution in [-0.2, 0) is 15.1 Å². The van der Waals surface area contributed by atoms with Gasteiger partial charge < -0.3 is 15.0 Å². The Morgan fingerprint density at radius 2 is 1.77 bits per heavy atom. The van der Waals surface area contributed by atoms with Crippen LogP contribution in [0.25, 0.3) is 0 Å². The van der Waals surface area contributed by atoms with E-state index in [1.54, 1.807) is 7.11 Å². The summed E-state index contributed by atoms with van der Waals surface area (Å²) in [6, 6.07) is 8.04. The van der Waals surface area contributed by atoms with Crippen LogP contribution in [0.5, 0.6) is 5.75 Å². The van der Waals surface area contributed by atoms with E-state index in [0.717, 1.165) is 29.6 Å². The molecule has 1 saturated heterocycles. The van der Waals surface area contributed by atoms with E-state index in [-0.39, 0.29) is 23.3 Å². The van der Waals surface area contributed by atoms with Gasteiger partial charge in [0.25, 0.3) is 0 Å². The number of fused-ring (bicyclic) bond motifs is 5. The SMILES string of the molecule is COc1ccc(C(C)(C)NC(=O)C2C[C@@]3(C)C(CC[C@@H]4[C@H]3CC[C@]3(C)CCC[C@@H]43)N(C)C2=O)cc1. The molecule has 4 aliphatic rings. The molecule has 192 valence electrons. The van der Waals surface area contributed by atoms with Gasteiger partial charge in [-0.25, -0.2) is 0 Å². The van der Waals surface area contributed by atoms with Crippen molar-refractivity contribution in [3.05, 3.63) is 29.8 Å². The maximum atomic E-state index is 13.7. The van der Waals surface area contributed by atoms with Crippen molar-refractivity contribution in [3.8, 4) is 5.75 Å². The molecule has 5 nitrogen and oxygen atoms in total. The number of hydrogen-bond acceptors (Lipinski definition) is 3. The second-order valence-corrected chi connectivity index (χ2v) is 13.1. The lowest BCUT2D eigenvalue weighted by Crippen LogP contribution is -2.65. The van der Waals surface area contributed by atoms with Crippen LogP contribution in [0.1, 0.15) is 84.6 Å². The highest BCUT2D eigenvalue weighted by atomic mass is 16.5. The number of amides is 2. The molecule has 1 heterocycles. The zero-order valence-electron chi connectivity index (χ0n) is 22.5. The highest BCUT2D eigenvalue weighted by Crippen LogP contribution is 2.65. The monoisotopic (exact) mass is 480 g/mol. The average Bonchev–Trinajstić information content (AvgIpc) is 3.23. The quantitative estimate of drug-likeness (QED) is 0.577. The maximum Gasteiger partial charge on any atom is 0.235 e. The molecule has 0 bridgehead atoms. The summed E-state index contributed by atoms with van der Waals surface area (Å²) in [5.74, 6) is 2.21. The van der Waals surface area contributed by atoms with Gasteiger partial charge in [0.05, 0.1) is 12.6 Å². The van der Waals surface area contributed by atoms with Gasteiger partial charge in [-0.1, -0.05) is 32.4 Å². The third-order valence-corrected chi connectivity index (χ3v) is 10.9. The zero-order chi connectivity index (χ0) is 25.2. The molecule has 1 N–H and O–H groups in total. The van der Waals surface area contributed by atoms with Crippen molar-refractivity contribution in [2.75, 3.05) is 14.2 Å². The summed E-state index contributed by atoms with van der Waals surface area (Å²) < 4.78 is 5.28. The van der Waals surface area contributed by atoms with Crippen molar-refractivity contribution in [2.24, 2.45) is 34.5 Å². The molecule has 1 aliphatic heterocycles. The van der Waals surface area contributed by atoms with Gasteiger partial charge in [-0.15, -0.1) is 0 Å². The summed E-state index contributed by atoms with van der Waals surface area (Å²) in [6.45, 7) is 8.95. The van der Waals surface area contributed by atoms with Crippen LogP contribution in [0.3, 0.4) is 0 Å². The smallest absolute Gasteiger partial charge is 0.235 e. The molecule has 1 aromatic rings. The minimum atomic E-state index is -0.616. The standard InChI is InChI=1S/C30H44N2O3/c1-28(2,19-9-11-20(35-6)12-10-19)31-26(33)22-18-30(4)24-15-17-29(3)16-7-8-23(29)21(24)13-14-25(30)32(5)27(22)34/h9-12,21-25H,7-8,13-18H2,1-6H3,(H,31,33)/t21-,22?,23-,24+,25?,29-,30+/m0/s1. The fourth-order valence-electron chi connectivity index (χ4n) is 8.96. The van der Waals surface area contributed by atoms with Gasteiger partial charge in [0.1, 0.15) is 11.7 Å². The zero-order valence-corrected chi connectivity index (χ0v) is 22.5. The lowest BCUT2D eigenvalue weighted by Gasteiger charge is -2.62. The number of hydrogen-bond donors (Lipinski definition) is 1. The second kappa shape index (κ2) is 8.52. The first-order chi connectivity index (χ1) is 16.5. The van der Waals surface area contributed by atoms with Crippen LogP contribution >= 0.6 is 0 Å². The van der Waals surface area contributed by atoms with Crippen molar-refractivity contribution in [1.29, 1.82) is 0 Å². The summed E-state index contributed by atoms with van der Waals surface area (Å²) >= 11 is 0. The highest BCUT2D eigenvalue weighted by molar-refractivity contribution is 6.01. The van der Waals surface area contributed by atoms with E-state index in [1.807, 2.05) is 50.1 Å². The fourth-order valence-corrected chi connectivity index (χ4v) is 8.96. The van der Waals surface area contributed by atoms with Crippen LogP contribution in [0, 0.1) is 34.5 Å². The number of carbonyl (C=O) groups is 2. The molecule has 7 atom stereocenters. The summed E-state index contributed by atoms with van der Waals surface area (Å²) in [5.41, 5.74) is 0.936. The van der Waals surface area contributed by atoms with Crippen LogP contribution in [0.15, 0.2) is 24.3 Å². The Balaban J connectivity index is 1.38. The van der Waals surface area contributed by atoms with Crippen LogP contribution in [0.2, 0.25) is 0 Å². The van der Waals surface area contributed by atoms with Crippen LogP contribution in [0.4, 0.5) is 0 Å². The number of nitrogens with one attached hydrogen (secondary N) is 1. The molecule has 0 spiro atoms. The average molecular weight is 481 g/mol. The Bertz CT molecular complexity index is 988. The van der Waals surface area contributed by atoms with Crippen molar-refractivity contribution in [1.82, 2.24) is 10.2 Å².